The molecule has 1 aliphatic rings. The Bertz CT molecular complexity index is 434. The summed E-state index contributed by atoms with van der Waals surface area (Å²) in [5.41, 5.74) is 7.66. The molecule has 1 aromatic rings. The van der Waals surface area contributed by atoms with Crippen LogP contribution in [0.3, 0.4) is 0 Å². The third kappa shape index (κ3) is 2.90. The predicted molar refractivity (Wildman–Crippen MR) is 79.0 cm³/mol. The molecule has 1 fully saturated rings. The Hall–Kier alpha value is -0.810. The fourth-order valence-electron chi connectivity index (χ4n) is 1.99. The van der Waals surface area contributed by atoms with Crippen LogP contribution >= 0.6 is 24.0 Å². The van der Waals surface area contributed by atoms with E-state index in [1.807, 2.05) is 30.8 Å². The molecule has 2 N–H and O–H groups in total. The molecule has 0 aliphatic carbocycles. The number of hydrogen-bond acceptors (Lipinski definition) is 4. The van der Waals surface area contributed by atoms with Crippen LogP contribution in [0.25, 0.3) is 0 Å². The molecule has 2 rings (SSSR count). The lowest BCUT2D eigenvalue weighted by molar-refractivity contribution is 0.767. The van der Waals surface area contributed by atoms with Crippen molar-refractivity contribution in [2.75, 3.05) is 23.7 Å². The van der Waals surface area contributed by atoms with Crippen LogP contribution in [0.5, 0.6) is 0 Å². The van der Waals surface area contributed by atoms with E-state index in [-0.39, 0.29) is 0 Å². The van der Waals surface area contributed by atoms with Crippen LogP contribution in [-0.2, 0) is 0 Å². The molecule has 1 atom stereocenters. The van der Waals surface area contributed by atoms with Gasteiger partial charge in [0.2, 0.25) is 0 Å². The van der Waals surface area contributed by atoms with E-state index < -0.39 is 0 Å². The first-order chi connectivity index (χ1) is 8.08. The van der Waals surface area contributed by atoms with Crippen LogP contribution in [0.2, 0.25) is 0 Å². The fourth-order valence-corrected chi connectivity index (χ4v) is 3.16. The highest BCUT2D eigenvalue weighted by Gasteiger charge is 2.21. The third-order valence-corrected chi connectivity index (χ3v) is 4.18. The lowest BCUT2D eigenvalue weighted by Crippen LogP contribution is -2.38. The molecule has 0 bridgehead atoms. The molecule has 1 saturated heterocycles. The van der Waals surface area contributed by atoms with Crippen molar-refractivity contribution in [1.82, 2.24) is 4.98 Å². The van der Waals surface area contributed by atoms with Crippen molar-refractivity contribution in [1.29, 1.82) is 0 Å². The summed E-state index contributed by atoms with van der Waals surface area (Å²) >= 11 is 7.10. The molecule has 0 amide bonds. The number of hydrogen-bond donors (Lipinski definition) is 1. The smallest absolute Gasteiger partial charge is 0.139 e. The summed E-state index contributed by atoms with van der Waals surface area (Å²) < 4.78 is 0. The molecule has 0 aromatic carbocycles. The molecule has 1 aliphatic heterocycles. The van der Waals surface area contributed by atoms with Crippen LogP contribution in [-0.4, -0.2) is 34.1 Å². The van der Waals surface area contributed by atoms with E-state index in [1.165, 1.54) is 0 Å². The average Bonchev–Trinajstić information content (AvgIpc) is 2.28. The quantitative estimate of drug-likeness (QED) is 0.830. The summed E-state index contributed by atoms with van der Waals surface area (Å²) in [6, 6.07) is 3.94. The van der Waals surface area contributed by atoms with Crippen LogP contribution < -0.4 is 10.6 Å². The normalized spacial score (nSPS) is 20.4. The number of aromatic nitrogens is 1. The molecular formula is C12H17N3S2. The number of pyridine rings is 1. The lowest BCUT2D eigenvalue weighted by atomic mass is 10.2. The molecule has 0 spiro atoms. The summed E-state index contributed by atoms with van der Waals surface area (Å²) in [6.45, 7) is 6.26. The Morgan fingerprint density at radius 1 is 1.59 bits per heavy atom. The van der Waals surface area contributed by atoms with E-state index in [9.17, 15) is 0 Å². The van der Waals surface area contributed by atoms with Crippen LogP contribution in [0.4, 0.5) is 5.82 Å². The van der Waals surface area contributed by atoms with Crippen molar-refractivity contribution in [2.24, 2.45) is 5.73 Å². The highest BCUT2D eigenvalue weighted by atomic mass is 32.2. The van der Waals surface area contributed by atoms with Gasteiger partial charge < -0.3 is 10.6 Å². The van der Waals surface area contributed by atoms with E-state index in [0.29, 0.717) is 10.2 Å². The number of thioether (sulfide) groups is 1. The first kappa shape index (κ1) is 12.6. The van der Waals surface area contributed by atoms with Crippen molar-refractivity contribution in [2.45, 2.75) is 19.1 Å². The van der Waals surface area contributed by atoms with Crippen LogP contribution in [0, 0.1) is 6.92 Å². The van der Waals surface area contributed by atoms with E-state index in [2.05, 4.69) is 16.8 Å². The summed E-state index contributed by atoms with van der Waals surface area (Å²) in [7, 11) is 0. The van der Waals surface area contributed by atoms with E-state index in [4.69, 9.17) is 18.0 Å². The molecule has 92 valence electrons. The first-order valence-electron chi connectivity index (χ1n) is 5.72. The Morgan fingerprint density at radius 2 is 2.35 bits per heavy atom. The maximum atomic E-state index is 5.77. The molecule has 0 radical (unpaired) electrons. The van der Waals surface area contributed by atoms with Gasteiger partial charge in [-0.15, -0.1) is 0 Å². The van der Waals surface area contributed by atoms with Gasteiger partial charge in [0.1, 0.15) is 10.8 Å². The second-order valence-electron chi connectivity index (χ2n) is 4.32. The van der Waals surface area contributed by atoms with Gasteiger partial charge in [-0.3, -0.25) is 0 Å². The van der Waals surface area contributed by atoms with Crippen molar-refractivity contribution < 1.29 is 0 Å². The molecule has 3 nitrogen and oxygen atoms in total. The van der Waals surface area contributed by atoms with Gasteiger partial charge in [-0.2, -0.15) is 11.8 Å². The topological polar surface area (TPSA) is 42.1 Å². The summed E-state index contributed by atoms with van der Waals surface area (Å²) in [5.74, 6) is 2.08. The SMILES string of the molecule is Cc1ccc(C(N)=S)c(N2CCSC(C)C2)n1. The van der Waals surface area contributed by atoms with Gasteiger partial charge >= 0.3 is 0 Å². The van der Waals surface area contributed by atoms with Crippen molar-refractivity contribution in [3.63, 3.8) is 0 Å². The number of nitrogens with two attached hydrogens (primary N) is 1. The maximum Gasteiger partial charge on any atom is 0.139 e. The summed E-state index contributed by atoms with van der Waals surface area (Å²) in [4.78, 5) is 7.33. The van der Waals surface area contributed by atoms with Crippen molar-refractivity contribution >= 4 is 34.8 Å². The zero-order valence-electron chi connectivity index (χ0n) is 10.1. The van der Waals surface area contributed by atoms with Crippen LogP contribution in [0.1, 0.15) is 18.2 Å². The Labute approximate surface area is 112 Å². The minimum atomic E-state index is 0.429. The highest BCUT2D eigenvalue weighted by Crippen LogP contribution is 2.25. The standard InChI is InChI=1S/C12H17N3S2/c1-8-3-4-10(11(13)16)12(14-8)15-5-6-17-9(2)7-15/h3-4,9H,5-7H2,1-2H3,(H2,13,16). The van der Waals surface area contributed by atoms with Gasteiger partial charge in [-0.1, -0.05) is 19.1 Å². The molecule has 1 unspecified atom stereocenters. The third-order valence-electron chi connectivity index (χ3n) is 2.82. The van der Waals surface area contributed by atoms with E-state index in [1.54, 1.807) is 0 Å². The number of anilines is 1. The number of nitrogens with zero attached hydrogens (tertiary/aromatic N) is 2. The molecular weight excluding hydrogens is 250 g/mol. The van der Waals surface area contributed by atoms with Gasteiger partial charge in [0.25, 0.3) is 0 Å². The van der Waals surface area contributed by atoms with Gasteiger partial charge in [0.15, 0.2) is 0 Å². The van der Waals surface area contributed by atoms with Crippen molar-refractivity contribution in [3.05, 3.63) is 23.4 Å². The fraction of sp³-hybridized carbons (Fsp3) is 0.500. The second kappa shape index (κ2) is 5.23. The zero-order valence-corrected chi connectivity index (χ0v) is 11.8. The van der Waals surface area contributed by atoms with E-state index in [0.717, 1.165) is 35.9 Å². The highest BCUT2D eigenvalue weighted by molar-refractivity contribution is 8.00. The Morgan fingerprint density at radius 3 is 3.00 bits per heavy atom. The molecule has 2 heterocycles. The number of rotatable bonds is 2. The van der Waals surface area contributed by atoms with Gasteiger partial charge in [-0.05, 0) is 19.1 Å². The first-order valence-corrected chi connectivity index (χ1v) is 7.17. The Balaban J connectivity index is 2.35. The zero-order chi connectivity index (χ0) is 12.4. The minimum Gasteiger partial charge on any atom is -0.389 e. The van der Waals surface area contributed by atoms with E-state index >= 15 is 0 Å². The number of aryl methyl sites for hydroxylation is 1. The molecule has 1 aromatic heterocycles. The van der Waals surface area contributed by atoms with Crippen molar-refractivity contribution in [3.8, 4) is 0 Å². The second-order valence-corrected chi connectivity index (χ2v) is 6.30. The lowest BCUT2D eigenvalue weighted by Gasteiger charge is -2.32. The Kier molecular flexibility index (Phi) is 3.89. The molecule has 0 saturated carbocycles. The average molecular weight is 267 g/mol. The number of thiocarbonyl (C=S) groups is 1. The predicted octanol–water partition coefficient (Wildman–Crippen LogP) is 1.97. The largest absolute Gasteiger partial charge is 0.389 e. The van der Waals surface area contributed by atoms with Gasteiger partial charge in [0, 0.05) is 29.8 Å². The minimum absolute atomic E-state index is 0.429. The monoisotopic (exact) mass is 267 g/mol. The summed E-state index contributed by atoms with van der Waals surface area (Å²) in [5, 5.41) is 0.630. The molecule has 5 heteroatoms. The van der Waals surface area contributed by atoms with Gasteiger partial charge in [-0.25, -0.2) is 4.98 Å². The molecule has 17 heavy (non-hydrogen) atoms. The van der Waals surface area contributed by atoms with Crippen LogP contribution in [0.15, 0.2) is 12.1 Å². The summed E-state index contributed by atoms with van der Waals surface area (Å²) in [6.07, 6.45) is 0. The maximum absolute atomic E-state index is 5.77. The van der Waals surface area contributed by atoms with Gasteiger partial charge in [0.05, 0.1) is 5.56 Å².